The molecule has 1 N–H and O–H groups in total. The molecule has 0 aliphatic carbocycles. The van der Waals surface area contributed by atoms with Gasteiger partial charge in [0.2, 0.25) is 10.0 Å². The van der Waals surface area contributed by atoms with Gasteiger partial charge in [0.15, 0.2) is 11.6 Å². The number of ether oxygens (including phenoxy) is 1. The highest BCUT2D eigenvalue weighted by Crippen LogP contribution is 2.19. The van der Waals surface area contributed by atoms with Crippen LogP contribution < -0.4 is 10.1 Å². The van der Waals surface area contributed by atoms with Crippen molar-refractivity contribution < 1.29 is 17.5 Å². The monoisotopic (exact) mass is 318 g/mol. The van der Waals surface area contributed by atoms with Crippen LogP contribution in [0, 0.1) is 5.82 Å². The van der Waals surface area contributed by atoms with E-state index in [1.807, 2.05) is 0 Å². The molecule has 0 aliphatic heterocycles. The lowest BCUT2D eigenvalue weighted by molar-refractivity contribution is 0.382. The lowest BCUT2D eigenvalue weighted by Gasteiger charge is -2.17. The van der Waals surface area contributed by atoms with E-state index in [0.29, 0.717) is 38.2 Å². The minimum absolute atomic E-state index is 0.225. The number of nitrogens with one attached hydrogen (secondary N) is 1. The molecule has 1 rings (SSSR count). The van der Waals surface area contributed by atoms with E-state index < -0.39 is 10.0 Å². The lowest BCUT2D eigenvalue weighted by atomic mass is 10.2. The summed E-state index contributed by atoms with van der Waals surface area (Å²) in [6, 6.07) is 5.01. The predicted molar refractivity (Wildman–Crippen MR) is 81.4 cm³/mol. The van der Waals surface area contributed by atoms with Crippen LogP contribution in [0.1, 0.15) is 18.9 Å². The SMILES string of the molecule is CCN(CCCNCc1cccc(OC)c1F)S(C)(=O)=O. The van der Waals surface area contributed by atoms with Crippen molar-refractivity contribution >= 4 is 10.0 Å². The Kier molecular flexibility index (Phi) is 7.07. The number of hydrogen-bond donors (Lipinski definition) is 1. The molecule has 0 fully saturated rings. The van der Waals surface area contributed by atoms with Gasteiger partial charge in [-0.1, -0.05) is 19.1 Å². The van der Waals surface area contributed by atoms with Crippen LogP contribution in [0.5, 0.6) is 5.75 Å². The van der Waals surface area contributed by atoms with Gasteiger partial charge >= 0.3 is 0 Å². The van der Waals surface area contributed by atoms with Gasteiger partial charge in [0, 0.05) is 25.2 Å². The maximum Gasteiger partial charge on any atom is 0.211 e. The van der Waals surface area contributed by atoms with Crippen molar-refractivity contribution in [2.75, 3.05) is 33.0 Å². The number of benzene rings is 1. The molecule has 0 heterocycles. The summed E-state index contributed by atoms with van der Waals surface area (Å²) in [6.45, 7) is 3.73. The largest absolute Gasteiger partial charge is 0.494 e. The fraction of sp³-hybridized carbons (Fsp3) is 0.571. The Bertz CT molecular complexity index is 549. The van der Waals surface area contributed by atoms with Crippen LogP contribution in [0.15, 0.2) is 18.2 Å². The molecule has 1 aromatic rings. The van der Waals surface area contributed by atoms with E-state index in [1.165, 1.54) is 17.7 Å². The van der Waals surface area contributed by atoms with E-state index in [2.05, 4.69) is 5.32 Å². The van der Waals surface area contributed by atoms with E-state index in [9.17, 15) is 12.8 Å². The first-order valence-corrected chi connectivity index (χ1v) is 8.72. The predicted octanol–water partition coefficient (Wildman–Crippen LogP) is 1.60. The van der Waals surface area contributed by atoms with Crippen molar-refractivity contribution in [3.05, 3.63) is 29.6 Å². The van der Waals surface area contributed by atoms with Crippen LogP contribution in [-0.2, 0) is 16.6 Å². The second kappa shape index (κ2) is 8.31. The molecule has 7 heteroatoms. The van der Waals surface area contributed by atoms with Gasteiger partial charge in [0.05, 0.1) is 13.4 Å². The van der Waals surface area contributed by atoms with Crippen molar-refractivity contribution in [1.82, 2.24) is 9.62 Å². The normalized spacial score (nSPS) is 11.9. The van der Waals surface area contributed by atoms with E-state index in [1.54, 1.807) is 25.1 Å². The van der Waals surface area contributed by atoms with Gasteiger partial charge < -0.3 is 10.1 Å². The molecule has 1 aromatic carbocycles. The molecular formula is C14H23FN2O3S. The molecule has 0 atom stereocenters. The van der Waals surface area contributed by atoms with Crippen molar-refractivity contribution in [3.63, 3.8) is 0 Å². The first kappa shape index (κ1) is 17.9. The number of methoxy groups -OCH3 is 1. The summed E-state index contributed by atoms with van der Waals surface area (Å²) in [4.78, 5) is 0. The molecule has 0 unspecified atom stereocenters. The van der Waals surface area contributed by atoms with E-state index >= 15 is 0 Å². The van der Waals surface area contributed by atoms with Gasteiger partial charge in [-0.05, 0) is 19.0 Å². The Morgan fingerprint density at radius 2 is 2.10 bits per heavy atom. The number of hydrogen-bond acceptors (Lipinski definition) is 4. The quantitative estimate of drug-likeness (QED) is 0.703. The van der Waals surface area contributed by atoms with Crippen LogP contribution in [0.4, 0.5) is 4.39 Å². The van der Waals surface area contributed by atoms with Crippen molar-refractivity contribution in [2.45, 2.75) is 19.9 Å². The van der Waals surface area contributed by atoms with Crippen LogP contribution in [-0.4, -0.2) is 45.7 Å². The zero-order valence-corrected chi connectivity index (χ0v) is 13.5. The first-order chi connectivity index (χ1) is 9.90. The van der Waals surface area contributed by atoms with Crippen molar-refractivity contribution in [3.8, 4) is 5.75 Å². The summed E-state index contributed by atoms with van der Waals surface area (Å²) < 4.78 is 43.0. The molecule has 0 aromatic heterocycles. The molecule has 0 aliphatic rings. The summed E-state index contributed by atoms with van der Waals surface area (Å²) in [7, 11) is -1.71. The van der Waals surface area contributed by atoms with E-state index in [4.69, 9.17) is 4.74 Å². The first-order valence-electron chi connectivity index (χ1n) is 6.87. The number of nitrogens with zero attached hydrogens (tertiary/aromatic N) is 1. The highest BCUT2D eigenvalue weighted by Gasteiger charge is 2.13. The number of halogens is 1. The lowest BCUT2D eigenvalue weighted by Crippen LogP contribution is -2.32. The molecule has 21 heavy (non-hydrogen) atoms. The Balaban J connectivity index is 2.38. The fourth-order valence-electron chi connectivity index (χ4n) is 2.01. The van der Waals surface area contributed by atoms with Gasteiger partial charge in [0.25, 0.3) is 0 Å². The summed E-state index contributed by atoms with van der Waals surface area (Å²) in [5.74, 6) is -0.137. The average molecular weight is 318 g/mol. The molecule has 0 spiro atoms. The molecule has 120 valence electrons. The molecule has 5 nitrogen and oxygen atoms in total. The minimum Gasteiger partial charge on any atom is -0.494 e. The van der Waals surface area contributed by atoms with Crippen LogP contribution >= 0.6 is 0 Å². The molecule has 0 bridgehead atoms. The highest BCUT2D eigenvalue weighted by atomic mass is 32.2. The summed E-state index contributed by atoms with van der Waals surface area (Å²) in [5, 5.41) is 3.11. The van der Waals surface area contributed by atoms with Crippen molar-refractivity contribution in [2.24, 2.45) is 0 Å². The molecular weight excluding hydrogens is 295 g/mol. The third kappa shape index (κ3) is 5.61. The van der Waals surface area contributed by atoms with Crippen LogP contribution in [0.3, 0.4) is 0 Å². The summed E-state index contributed by atoms with van der Waals surface area (Å²) in [6.07, 6.45) is 1.88. The van der Waals surface area contributed by atoms with Crippen LogP contribution in [0.2, 0.25) is 0 Å². The molecule has 0 amide bonds. The number of rotatable bonds is 9. The van der Waals surface area contributed by atoms with Crippen LogP contribution in [0.25, 0.3) is 0 Å². The maximum atomic E-state index is 13.9. The topological polar surface area (TPSA) is 58.6 Å². The standard InChI is InChI=1S/C14H23FN2O3S/c1-4-17(21(3,18)19)10-6-9-16-11-12-7-5-8-13(20-2)14(12)15/h5,7-8,16H,4,6,9-11H2,1-3H3. The summed E-state index contributed by atoms with van der Waals surface area (Å²) in [5.41, 5.74) is 0.532. The van der Waals surface area contributed by atoms with Gasteiger partial charge in [0.1, 0.15) is 0 Å². The van der Waals surface area contributed by atoms with Gasteiger partial charge in [-0.25, -0.2) is 17.1 Å². The Labute approximate surface area is 126 Å². The Morgan fingerprint density at radius 3 is 2.67 bits per heavy atom. The van der Waals surface area contributed by atoms with E-state index in [0.717, 1.165) is 0 Å². The Morgan fingerprint density at radius 1 is 1.38 bits per heavy atom. The third-order valence-electron chi connectivity index (χ3n) is 3.16. The zero-order chi connectivity index (χ0) is 15.9. The average Bonchev–Trinajstić information content (AvgIpc) is 2.43. The molecule has 0 saturated carbocycles. The fourth-order valence-corrected chi connectivity index (χ4v) is 2.94. The van der Waals surface area contributed by atoms with Gasteiger partial charge in [-0.2, -0.15) is 0 Å². The number of sulfonamides is 1. The summed E-state index contributed by atoms with van der Waals surface area (Å²) >= 11 is 0. The minimum atomic E-state index is -3.14. The second-order valence-corrected chi connectivity index (χ2v) is 6.70. The third-order valence-corrected chi connectivity index (χ3v) is 4.54. The van der Waals surface area contributed by atoms with Crippen molar-refractivity contribution in [1.29, 1.82) is 0 Å². The molecule has 0 radical (unpaired) electrons. The highest BCUT2D eigenvalue weighted by molar-refractivity contribution is 7.88. The molecule has 0 saturated heterocycles. The zero-order valence-electron chi connectivity index (χ0n) is 12.7. The maximum absolute atomic E-state index is 13.9. The van der Waals surface area contributed by atoms with Gasteiger partial charge in [-0.15, -0.1) is 0 Å². The van der Waals surface area contributed by atoms with E-state index in [-0.39, 0.29) is 11.6 Å². The Hall–Kier alpha value is -1.18. The van der Waals surface area contributed by atoms with Gasteiger partial charge in [-0.3, -0.25) is 0 Å². The smallest absolute Gasteiger partial charge is 0.211 e. The second-order valence-electron chi connectivity index (χ2n) is 4.72.